The first-order chi connectivity index (χ1) is 13.1. The van der Waals surface area contributed by atoms with Crippen LogP contribution >= 0.6 is 11.3 Å². The van der Waals surface area contributed by atoms with E-state index in [1.165, 1.54) is 24.2 Å². The molecule has 9 heteroatoms. The maximum absolute atomic E-state index is 13.3. The molecule has 2 heterocycles. The largest absolute Gasteiger partial charge is 0.341 e. The van der Waals surface area contributed by atoms with Gasteiger partial charge in [-0.25, -0.2) is 4.21 Å². The van der Waals surface area contributed by atoms with Crippen molar-refractivity contribution < 1.29 is 17.4 Å². The molecule has 3 rings (SSSR count). The summed E-state index contributed by atoms with van der Waals surface area (Å²) in [5.74, 6) is 0.874. The van der Waals surface area contributed by atoms with Crippen LogP contribution in [0.3, 0.4) is 0 Å². The molecule has 2 unspecified atom stereocenters. The van der Waals surface area contributed by atoms with E-state index in [9.17, 15) is 17.4 Å². The minimum absolute atomic E-state index is 0.0200. The molecule has 1 aromatic rings. The van der Waals surface area contributed by atoms with Crippen molar-refractivity contribution in [2.45, 2.75) is 57.8 Å². The molecular formula is C19H30N2O4S3. The van der Waals surface area contributed by atoms with Gasteiger partial charge in [0, 0.05) is 29.6 Å². The highest BCUT2D eigenvalue weighted by Gasteiger charge is 2.32. The van der Waals surface area contributed by atoms with E-state index < -0.39 is 19.8 Å². The van der Waals surface area contributed by atoms with Crippen LogP contribution in [0.15, 0.2) is 14.0 Å². The molecule has 0 radical (unpaired) electrons. The summed E-state index contributed by atoms with van der Waals surface area (Å²) in [7, 11) is -6.87. The Morgan fingerprint density at radius 2 is 1.89 bits per heavy atom. The van der Waals surface area contributed by atoms with Gasteiger partial charge in [0.25, 0.3) is 10.0 Å². The van der Waals surface area contributed by atoms with E-state index in [0.29, 0.717) is 35.9 Å². The topological polar surface area (TPSA) is 83.9 Å². The van der Waals surface area contributed by atoms with E-state index in [-0.39, 0.29) is 28.2 Å². The van der Waals surface area contributed by atoms with Gasteiger partial charge < -0.3 is 4.90 Å². The van der Waals surface area contributed by atoms with Crippen LogP contribution in [0.25, 0.3) is 0 Å². The average Bonchev–Trinajstić information content (AvgIpc) is 3.22. The molecule has 2 fully saturated rings. The van der Waals surface area contributed by atoms with E-state index in [0.717, 1.165) is 12.8 Å². The summed E-state index contributed by atoms with van der Waals surface area (Å²) in [6.07, 6.45) is 5.10. The molecule has 1 aromatic heterocycles. The third-order valence-corrected chi connectivity index (χ3v) is 11.9. The van der Waals surface area contributed by atoms with Gasteiger partial charge in [-0.15, -0.1) is 15.1 Å². The highest BCUT2D eigenvalue weighted by molar-refractivity contribution is 8.03. The van der Waals surface area contributed by atoms with Crippen molar-refractivity contribution in [3.8, 4) is 0 Å². The fourth-order valence-corrected chi connectivity index (χ4v) is 10.1. The SMILES string of the molecule is Cc1csc(C)c1S(=O)(=O)N=S1(=O)CCCN(C(=O)C(C)C2CCCC2)CC1. The van der Waals surface area contributed by atoms with Gasteiger partial charge in [-0.3, -0.25) is 4.79 Å². The molecule has 0 N–H and O–H groups in total. The summed E-state index contributed by atoms with van der Waals surface area (Å²) in [5, 5.41) is 1.78. The second kappa shape index (κ2) is 8.44. The smallest absolute Gasteiger partial charge is 0.291 e. The molecule has 2 aliphatic rings. The number of hydrogen-bond acceptors (Lipinski definition) is 5. The molecule has 1 amide bonds. The van der Waals surface area contributed by atoms with E-state index >= 15 is 0 Å². The van der Waals surface area contributed by atoms with Gasteiger partial charge >= 0.3 is 0 Å². The van der Waals surface area contributed by atoms with E-state index in [2.05, 4.69) is 3.77 Å². The van der Waals surface area contributed by atoms with E-state index in [1.807, 2.05) is 6.92 Å². The highest BCUT2D eigenvalue weighted by atomic mass is 32.3. The van der Waals surface area contributed by atoms with Crippen molar-refractivity contribution in [1.82, 2.24) is 4.90 Å². The third-order valence-electron chi connectivity index (χ3n) is 5.96. The molecule has 1 aliphatic carbocycles. The maximum atomic E-state index is 13.3. The van der Waals surface area contributed by atoms with Crippen LogP contribution in [-0.2, 0) is 24.5 Å². The highest BCUT2D eigenvalue weighted by Crippen LogP contribution is 2.33. The van der Waals surface area contributed by atoms with Gasteiger partial charge in [0.2, 0.25) is 5.91 Å². The standard InChI is InChI=1S/C19H30N2O4S3/c1-14-13-26-16(3)18(14)28(24,25)20-27(23)11-6-9-21(10-12-27)19(22)15(2)17-7-4-5-8-17/h13,15,17H,4-12H2,1-3H3. The number of carbonyl (C=O) groups is 1. The average molecular weight is 447 g/mol. The van der Waals surface area contributed by atoms with Gasteiger partial charge in [0.05, 0.1) is 15.5 Å². The Morgan fingerprint density at radius 3 is 2.50 bits per heavy atom. The molecule has 6 nitrogen and oxygen atoms in total. The van der Waals surface area contributed by atoms with Crippen LogP contribution in [0.4, 0.5) is 0 Å². The lowest BCUT2D eigenvalue weighted by atomic mass is 9.91. The van der Waals surface area contributed by atoms with Crippen molar-refractivity contribution in [2.24, 2.45) is 15.6 Å². The van der Waals surface area contributed by atoms with Crippen LogP contribution in [0, 0.1) is 25.7 Å². The van der Waals surface area contributed by atoms with Crippen molar-refractivity contribution in [3.05, 3.63) is 15.8 Å². The van der Waals surface area contributed by atoms with E-state index in [4.69, 9.17) is 0 Å². The third kappa shape index (κ3) is 4.62. The van der Waals surface area contributed by atoms with Crippen LogP contribution in [0.1, 0.15) is 49.5 Å². The predicted octanol–water partition coefficient (Wildman–Crippen LogP) is 3.58. The number of nitrogens with zero attached hydrogens (tertiary/aromatic N) is 2. The number of amides is 1. The zero-order valence-electron chi connectivity index (χ0n) is 16.8. The Kier molecular flexibility index (Phi) is 6.56. The van der Waals surface area contributed by atoms with Crippen LogP contribution in [-0.4, -0.2) is 48.0 Å². The summed E-state index contributed by atoms with van der Waals surface area (Å²) in [6, 6.07) is 0. The van der Waals surface area contributed by atoms with Crippen molar-refractivity contribution in [1.29, 1.82) is 0 Å². The van der Waals surface area contributed by atoms with Crippen molar-refractivity contribution in [3.63, 3.8) is 0 Å². The first kappa shape index (κ1) is 21.8. The second-order valence-electron chi connectivity index (χ2n) is 8.05. The minimum Gasteiger partial charge on any atom is -0.341 e. The number of sulfonamides is 1. The number of thiophene rings is 1. The molecule has 1 saturated heterocycles. The van der Waals surface area contributed by atoms with Gasteiger partial charge in [-0.05, 0) is 50.0 Å². The fourth-order valence-electron chi connectivity index (χ4n) is 4.35. The lowest BCUT2D eigenvalue weighted by Crippen LogP contribution is -2.39. The van der Waals surface area contributed by atoms with Crippen LogP contribution < -0.4 is 0 Å². The molecule has 0 aromatic carbocycles. The molecule has 0 bridgehead atoms. The number of aryl methyl sites for hydroxylation is 2. The van der Waals surface area contributed by atoms with Gasteiger partial charge in [-0.2, -0.15) is 8.42 Å². The Hall–Kier alpha value is -0.930. The van der Waals surface area contributed by atoms with E-state index in [1.54, 1.807) is 24.1 Å². The lowest BCUT2D eigenvalue weighted by Gasteiger charge is -2.27. The summed E-state index contributed by atoms with van der Waals surface area (Å²) < 4.78 is 42.8. The lowest BCUT2D eigenvalue weighted by molar-refractivity contribution is -0.136. The fraction of sp³-hybridized carbons (Fsp3) is 0.737. The first-order valence-corrected chi connectivity index (χ1v) is 14.1. The Labute approximate surface area is 172 Å². The number of carbonyl (C=O) groups excluding carboxylic acids is 1. The normalized spacial score (nSPS) is 25.5. The summed E-state index contributed by atoms with van der Waals surface area (Å²) in [5.41, 5.74) is 0.644. The monoisotopic (exact) mass is 446 g/mol. The molecule has 0 spiro atoms. The second-order valence-corrected chi connectivity index (χ2v) is 13.4. The molecule has 28 heavy (non-hydrogen) atoms. The zero-order chi connectivity index (χ0) is 20.5. The molecule has 1 saturated carbocycles. The maximum Gasteiger partial charge on any atom is 0.291 e. The zero-order valence-corrected chi connectivity index (χ0v) is 19.3. The minimum atomic E-state index is -3.96. The van der Waals surface area contributed by atoms with Crippen molar-refractivity contribution >= 4 is 37.0 Å². The first-order valence-electron chi connectivity index (χ1n) is 9.95. The summed E-state index contributed by atoms with van der Waals surface area (Å²) >= 11 is 1.36. The Morgan fingerprint density at radius 1 is 1.21 bits per heavy atom. The number of hydrogen-bond donors (Lipinski definition) is 0. The Bertz CT molecular complexity index is 932. The summed E-state index contributed by atoms with van der Waals surface area (Å²) in [4.78, 5) is 15.5. The molecule has 2 atom stereocenters. The molecule has 1 aliphatic heterocycles. The van der Waals surface area contributed by atoms with Crippen molar-refractivity contribution in [2.75, 3.05) is 24.6 Å². The Balaban J connectivity index is 1.77. The molecule has 158 valence electrons. The molecular weight excluding hydrogens is 416 g/mol. The quantitative estimate of drug-likeness (QED) is 0.708. The van der Waals surface area contributed by atoms with Gasteiger partial charge in [0.1, 0.15) is 4.90 Å². The predicted molar refractivity (Wildman–Crippen MR) is 114 cm³/mol. The number of rotatable bonds is 4. The van der Waals surface area contributed by atoms with Crippen LogP contribution in [0.5, 0.6) is 0 Å². The summed E-state index contributed by atoms with van der Waals surface area (Å²) in [6.45, 7) is 6.31. The van der Waals surface area contributed by atoms with Gasteiger partial charge in [0.15, 0.2) is 0 Å². The van der Waals surface area contributed by atoms with Gasteiger partial charge in [-0.1, -0.05) is 19.8 Å². The van der Waals surface area contributed by atoms with Crippen LogP contribution in [0.2, 0.25) is 0 Å².